The van der Waals surface area contributed by atoms with Gasteiger partial charge in [-0.25, -0.2) is 0 Å². The van der Waals surface area contributed by atoms with E-state index in [1.807, 2.05) is 11.0 Å². The third-order valence-electron chi connectivity index (χ3n) is 5.98. The Kier molecular flexibility index (Phi) is 4.80. The second kappa shape index (κ2) is 7.08. The molecule has 6 heteroatoms. The van der Waals surface area contributed by atoms with Crippen molar-refractivity contribution in [1.82, 2.24) is 9.80 Å². The molecular weight excluding hydrogens is 332 g/mol. The van der Waals surface area contributed by atoms with Gasteiger partial charge in [0.25, 0.3) is 5.91 Å². The summed E-state index contributed by atoms with van der Waals surface area (Å²) in [6.07, 6.45) is 4.97. The molecule has 1 atom stereocenters. The third-order valence-corrected chi connectivity index (χ3v) is 5.98. The lowest BCUT2D eigenvalue weighted by Crippen LogP contribution is -2.63. The van der Waals surface area contributed by atoms with Gasteiger partial charge < -0.3 is 19.1 Å². The van der Waals surface area contributed by atoms with E-state index in [1.54, 1.807) is 26.4 Å². The Labute approximate surface area is 155 Å². The van der Waals surface area contributed by atoms with Crippen LogP contribution in [0, 0.1) is 0 Å². The predicted molar refractivity (Wildman–Crippen MR) is 98.0 cm³/mol. The van der Waals surface area contributed by atoms with Crippen LogP contribution < -0.4 is 9.47 Å². The van der Waals surface area contributed by atoms with Crippen LogP contribution in [0.25, 0.3) is 0 Å². The van der Waals surface area contributed by atoms with E-state index < -0.39 is 0 Å². The number of carbonyl (C=O) groups excluding carboxylic acids is 1. The fraction of sp³-hybridized carbons (Fsp3) is 0.650. The number of hydrogen-bond acceptors (Lipinski definition) is 5. The number of methoxy groups -OCH3 is 2. The third kappa shape index (κ3) is 3.05. The van der Waals surface area contributed by atoms with Crippen LogP contribution in [0.4, 0.5) is 0 Å². The molecule has 0 aliphatic carbocycles. The Morgan fingerprint density at radius 3 is 2.62 bits per heavy atom. The van der Waals surface area contributed by atoms with Crippen molar-refractivity contribution in [2.24, 2.45) is 0 Å². The van der Waals surface area contributed by atoms with E-state index in [1.165, 1.54) is 32.4 Å². The van der Waals surface area contributed by atoms with Gasteiger partial charge >= 0.3 is 0 Å². The van der Waals surface area contributed by atoms with Crippen LogP contribution in [0.2, 0.25) is 0 Å². The Morgan fingerprint density at radius 2 is 1.92 bits per heavy atom. The summed E-state index contributed by atoms with van der Waals surface area (Å²) in [7, 11) is 3.15. The van der Waals surface area contributed by atoms with Gasteiger partial charge in [0, 0.05) is 6.04 Å². The average molecular weight is 360 g/mol. The standard InChI is InChI=1S/C20H28N2O4/c1-24-17-8-6-7-16(18(17)25-2)19(23)22-13-20(14-22)11-15(12-26-20)21-9-4-3-5-10-21/h6-8,15H,3-5,9-14H2,1-2H3. The van der Waals surface area contributed by atoms with Crippen molar-refractivity contribution in [2.75, 3.05) is 47.0 Å². The number of nitrogens with zero attached hydrogens (tertiary/aromatic N) is 2. The highest BCUT2D eigenvalue weighted by Gasteiger charge is 2.52. The molecule has 26 heavy (non-hydrogen) atoms. The van der Waals surface area contributed by atoms with E-state index in [2.05, 4.69) is 4.90 Å². The van der Waals surface area contributed by atoms with E-state index in [-0.39, 0.29) is 11.5 Å². The molecule has 1 aromatic rings. The molecule has 1 spiro atoms. The Morgan fingerprint density at radius 1 is 1.15 bits per heavy atom. The molecule has 4 rings (SSSR count). The summed E-state index contributed by atoms with van der Waals surface area (Å²) < 4.78 is 16.9. The zero-order valence-electron chi connectivity index (χ0n) is 15.7. The molecule has 3 aliphatic rings. The van der Waals surface area contributed by atoms with Gasteiger partial charge in [0.1, 0.15) is 5.60 Å². The molecule has 3 aliphatic heterocycles. The maximum atomic E-state index is 12.9. The number of para-hydroxylation sites is 1. The van der Waals surface area contributed by atoms with Crippen molar-refractivity contribution in [1.29, 1.82) is 0 Å². The molecule has 1 amide bonds. The number of rotatable bonds is 4. The highest BCUT2D eigenvalue weighted by molar-refractivity contribution is 5.98. The van der Waals surface area contributed by atoms with E-state index >= 15 is 0 Å². The number of hydrogen-bond donors (Lipinski definition) is 0. The van der Waals surface area contributed by atoms with Gasteiger partial charge in [-0.1, -0.05) is 12.5 Å². The second-order valence-corrected chi connectivity index (χ2v) is 7.65. The molecule has 0 saturated carbocycles. The summed E-state index contributed by atoms with van der Waals surface area (Å²) >= 11 is 0. The largest absolute Gasteiger partial charge is 0.493 e. The predicted octanol–water partition coefficient (Wildman–Crippen LogP) is 2.17. The fourth-order valence-corrected chi connectivity index (χ4v) is 4.58. The smallest absolute Gasteiger partial charge is 0.257 e. The zero-order valence-corrected chi connectivity index (χ0v) is 15.7. The van der Waals surface area contributed by atoms with Gasteiger partial charge in [-0.15, -0.1) is 0 Å². The van der Waals surface area contributed by atoms with Crippen molar-refractivity contribution in [2.45, 2.75) is 37.3 Å². The van der Waals surface area contributed by atoms with Crippen LogP contribution >= 0.6 is 0 Å². The minimum Gasteiger partial charge on any atom is -0.493 e. The maximum Gasteiger partial charge on any atom is 0.257 e. The first-order chi connectivity index (χ1) is 12.7. The van der Waals surface area contributed by atoms with E-state index in [0.29, 0.717) is 36.2 Å². The first-order valence-corrected chi connectivity index (χ1v) is 9.54. The summed E-state index contributed by atoms with van der Waals surface area (Å²) in [6, 6.07) is 5.93. The molecule has 0 N–H and O–H groups in total. The summed E-state index contributed by atoms with van der Waals surface area (Å²) in [5, 5.41) is 0. The zero-order chi connectivity index (χ0) is 18.1. The number of amides is 1. The molecule has 3 fully saturated rings. The van der Waals surface area contributed by atoms with Crippen molar-refractivity contribution in [3.8, 4) is 11.5 Å². The van der Waals surface area contributed by atoms with E-state index in [4.69, 9.17) is 14.2 Å². The van der Waals surface area contributed by atoms with Crippen molar-refractivity contribution in [3.63, 3.8) is 0 Å². The second-order valence-electron chi connectivity index (χ2n) is 7.65. The lowest BCUT2D eigenvalue weighted by atomic mass is 9.88. The number of carbonyl (C=O) groups is 1. The molecule has 0 radical (unpaired) electrons. The minimum atomic E-state index is -0.149. The van der Waals surface area contributed by atoms with Gasteiger partial charge in [0.15, 0.2) is 11.5 Å². The minimum absolute atomic E-state index is 0.0172. The van der Waals surface area contributed by atoms with Crippen LogP contribution in [0.15, 0.2) is 18.2 Å². The molecule has 1 aromatic carbocycles. The van der Waals surface area contributed by atoms with Crippen LogP contribution in [-0.4, -0.2) is 74.4 Å². The lowest BCUT2D eigenvalue weighted by molar-refractivity contribution is -0.0951. The maximum absolute atomic E-state index is 12.9. The van der Waals surface area contributed by atoms with Crippen LogP contribution in [0.5, 0.6) is 11.5 Å². The SMILES string of the molecule is COc1cccc(C(=O)N2CC3(CC(N4CCCCC4)CO3)C2)c1OC. The van der Waals surface area contributed by atoms with Gasteiger partial charge in [0.05, 0.1) is 39.5 Å². The van der Waals surface area contributed by atoms with Crippen LogP contribution in [0.1, 0.15) is 36.0 Å². The van der Waals surface area contributed by atoms with E-state index in [9.17, 15) is 4.79 Å². The molecule has 3 heterocycles. The number of piperidine rings is 1. The molecule has 0 aromatic heterocycles. The van der Waals surface area contributed by atoms with Crippen molar-refractivity contribution >= 4 is 5.91 Å². The summed E-state index contributed by atoms with van der Waals surface area (Å²) in [5.74, 6) is 1.06. The Bertz CT molecular complexity index is 666. The number of ether oxygens (including phenoxy) is 3. The molecule has 142 valence electrons. The fourth-order valence-electron chi connectivity index (χ4n) is 4.58. The van der Waals surface area contributed by atoms with Crippen molar-refractivity contribution in [3.05, 3.63) is 23.8 Å². The molecular formula is C20H28N2O4. The van der Waals surface area contributed by atoms with Crippen LogP contribution in [0.3, 0.4) is 0 Å². The Balaban J connectivity index is 1.40. The molecule has 1 unspecified atom stereocenters. The normalized spacial score (nSPS) is 25.2. The van der Waals surface area contributed by atoms with Crippen LogP contribution in [-0.2, 0) is 4.74 Å². The molecule has 6 nitrogen and oxygen atoms in total. The summed E-state index contributed by atoms with van der Waals surface area (Å²) in [4.78, 5) is 17.4. The first kappa shape index (κ1) is 17.6. The first-order valence-electron chi connectivity index (χ1n) is 9.54. The van der Waals surface area contributed by atoms with Crippen molar-refractivity contribution < 1.29 is 19.0 Å². The van der Waals surface area contributed by atoms with Gasteiger partial charge in [0.2, 0.25) is 0 Å². The van der Waals surface area contributed by atoms with Gasteiger partial charge in [-0.2, -0.15) is 0 Å². The molecule has 3 saturated heterocycles. The number of benzene rings is 1. The average Bonchev–Trinajstić information content (AvgIpc) is 3.12. The van der Waals surface area contributed by atoms with E-state index in [0.717, 1.165) is 13.0 Å². The van der Waals surface area contributed by atoms with Gasteiger partial charge in [-0.05, 0) is 44.5 Å². The quantitative estimate of drug-likeness (QED) is 0.824. The topological polar surface area (TPSA) is 51.2 Å². The Hall–Kier alpha value is -1.79. The van der Waals surface area contributed by atoms with Gasteiger partial charge in [-0.3, -0.25) is 9.69 Å². The summed E-state index contributed by atoms with van der Waals surface area (Å²) in [5.41, 5.74) is 0.399. The summed E-state index contributed by atoms with van der Waals surface area (Å²) in [6.45, 7) is 4.50. The highest BCUT2D eigenvalue weighted by atomic mass is 16.5. The highest BCUT2D eigenvalue weighted by Crippen LogP contribution is 2.40. The lowest BCUT2D eigenvalue weighted by Gasteiger charge is -2.47. The number of likely N-dealkylation sites (tertiary alicyclic amines) is 2. The monoisotopic (exact) mass is 360 g/mol. The molecule has 0 bridgehead atoms.